The van der Waals surface area contributed by atoms with Crippen LogP contribution in [0.25, 0.3) is 0 Å². The van der Waals surface area contributed by atoms with Gasteiger partial charge in [-0.25, -0.2) is 4.79 Å². The highest BCUT2D eigenvalue weighted by molar-refractivity contribution is 9.10. The highest BCUT2D eigenvalue weighted by Crippen LogP contribution is 2.14. The van der Waals surface area contributed by atoms with Crippen LogP contribution < -0.4 is 10.6 Å². The minimum Gasteiger partial charge on any atom is -0.394 e. The number of carbonyl (C=O) groups is 1. The first-order valence-electron chi connectivity index (χ1n) is 5.67. The lowest BCUT2D eigenvalue weighted by Gasteiger charge is -2.08. The topological polar surface area (TPSA) is 70.6 Å². The summed E-state index contributed by atoms with van der Waals surface area (Å²) in [6, 6.07) is 7.47. The van der Waals surface area contributed by atoms with Crippen molar-refractivity contribution in [1.82, 2.24) is 10.6 Å². The summed E-state index contributed by atoms with van der Waals surface area (Å²) in [6.45, 7) is 1.56. The van der Waals surface area contributed by atoms with Crippen LogP contribution in [0.15, 0.2) is 28.7 Å². The average molecular weight is 317 g/mol. The third kappa shape index (κ3) is 6.00. The number of ether oxygens (including phenoxy) is 1. The van der Waals surface area contributed by atoms with Crippen LogP contribution in [0.5, 0.6) is 0 Å². The number of hydrogen-bond acceptors (Lipinski definition) is 3. The Bertz CT molecular complexity index is 374. The highest BCUT2D eigenvalue weighted by Gasteiger charge is 2.02. The lowest BCUT2D eigenvalue weighted by Crippen LogP contribution is -2.37. The van der Waals surface area contributed by atoms with Crippen molar-refractivity contribution in [2.45, 2.75) is 6.54 Å². The Morgan fingerprint density at radius 1 is 1.28 bits per heavy atom. The number of urea groups is 1. The van der Waals surface area contributed by atoms with E-state index in [9.17, 15) is 4.79 Å². The van der Waals surface area contributed by atoms with Gasteiger partial charge in [-0.2, -0.15) is 0 Å². The van der Waals surface area contributed by atoms with Gasteiger partial charge in [-0.3, -0.25) is 0 Å². The molecule has 1 aromatic rings. The molecule has 0 fully saturated rings. The maximum Gasteiger partial charge on any atom is 0.315 e. The van der Waals surface area contributed by atoms with Crippen LogP contribution in [-0.2, 0) is 11.3 Å². The first-order valence-corrected chi connectivity index (χ1v) is 6.47. The molecule has 0 aromatic heterocycles. The largest absolute Gasteiger partial charge is 0.394 e. The Kier molecular flexibility index (Phi) is 7.40. The van der Waals surface area contributed by atoms with E-state index in [0.717, 1.165) is 10.0 Å². The van der Waals surface area contributed by atoms with Gasteiger partial charge in [0.05, 0.1) is 19.8 Å². The molecule has 100 valence electrons. The predicted molar refractivity (Wildman–Crippen MR) is 72.3 cm³/mol. The summed E-state index contributed by atoms with van der Waals surface area (Å²) < 4.78 is 5.98. The van der Waals surface area contributed by atoms with Crippen molar-refractivity contribution in [3.63, 3.8) is 0 Å². The van der Waals surface area contributed by atoms with Crippen molar-refractivity contribution >= 4 is 22.0 Å². The molecule has 0 spiro atoms. The number of amides is 2. The summed E-state index contributed by atoms with van der Waals surface area (Å²) in [6.07, 6.45) is 0. The summed E-state index contributed by atoms with van der Waals surface area (Å²) in [5.41, 5.74) is 1.02. The van der Waals surface area contributed by atoms with E-state index < -0.39 is 0 Å². The average Bonchev–Trinajstić information content (AvgIpc) is 2.37. The molecule has 6 heteroatoms. The van der Waals surface area contributed by atoms with Crippen LogP contribution in [0.4, 0.5) is 4.79 Å². The van der Waals surface area contributed by atoms with Crippen molar-refractivity contribution in [2.24, 2.45) is 0 Å². The van der Waals surface area contributed by atoms with Crippen LogP contribution >= 0.6 is 15.9 Å². The van der Waals surface area contributed by atoms with E-state index >= 15 is 0 Å². The Morgan fingerprint density at radius 2 is 2.06 bits per heavy atom. The molecule has 1 rings (SSSR count). The number of halogens is 1. The molecular weight excluding hydrogens is 300 g/mol. The molecule has 0 radical (unpaired) electrons. The van der Waals surface area contributed by atoms with Crippen LogP contribution in [0.3, 0.4) is 0 Å². The predicted octanol–water partition coefficient (Wildman–Crippen LogP) is 1.26. The third-order valence-electron chi connectivity index (χ3n) is 2.16. The van der Waals surface area contributed by atoms with Gasteiger partial charge in [-0.15, -0.1) is 0 Å². The minimum atomic E-state index is -0.238. The number of benzene rings is 1. The van der Waals surface area contributed by atoms with E-state index in [1.165, 1.54) is 0 Å². The Morgan fingerprint density at radius 3 is 2.78 bits per heavy atom. The summed E-state index contributed by atoms with van der Waals surface area (Å²) in [5.74, 6) is 0. The fourth-order valence-corrected chi connectivity index (χ4v) is 1.71. The van der Waals surface area contributed by atoms with Gasteiger partial charge in [0.1, 0.15) is 0 Å². The smallest absolute Gasteiger partial charge is 0.315 e. The van der Waals surface area contributed by atoms with Gasteiger partial charge < -0.3 is 20.5 Å². The summed E-state index contributed by atoms with van der Waals surface area (Å²) in [4.78, 5) is 11.4. The van der Waals surface area contributed by atoms with Crippen LogP contribution in [-0.4, -0.2) is 37.5 Å². The van der Waals surface area contributed by atoms with E-state index in [1.807, 2.05) is 24.3 Å². The molecule has 2 amide bonds. The zero-order valence-corrected chi connectivity index (χ0v) is 11.6. The fraction of sp³-hybridized carbons (Fsp3) is 0.417. The molecule has 0 heterocycles. The lowest BCUT2D eigenvalue weighted by molar-refractivity contribution is 0.0947. The summed E-state index contributed by atoms with van der Waals surface area (Å²) >= 11 is 3.41. The van der Waals surface area contributed by atoms with Gasteiger partial charge in [-0.05, 0) is 11.6 Å². The Hall–Kier alpha value is -1.11. The maximum absolute atomic E-state index is 11.4. The highest BCUT2D eigenvalue weighted by atomic mass is 79.9. The van der Waals surface area contributed by atoms with E-state index in [4.69, 9.17) is 9.84 Å². The standard InChI is InChI=1S/C12H17BrN2O3/c13-11-4-2-1-3-10(11)9-15-12(17)14-5-7-18-8-6-16/h1-4,16H,5-9H2,(H2,14,15,17). The molecule has 0 aliphatic rings. The molecule has 18 heavy (non-hydrogen) atoms. The van der Waals surface area contributed by atoms with Crippen molar-refractivity contribution in [3.8, 4) is 0 Å². The first kappa shape index (κ1) is 14.9. The molecule has 0 aliphatic heterocycles. The second-order valence-electron chi connectivity index (χ2n) is 3.54. The molecule has 0 unspecified atom stereocenters. The number of carbonyl (C=O) groups excluding carboxylic acids is 1. The quantitative estimate of drug-likeness (QED) is 0.663. The molecular formula is C12H17BrN2O3. The molecule has 5 nitrogen and oxygen atoms in total. The van der Waals surface area contributed by atoms with E-state index in [-0.39, 0.29) is 12.6 Å². The van der Waals surface area contributed by atoms with Crippen LogP contribution in [0.2, 0.25) is 0 Å². The van der Waals surface area contributed by atoms with Gasteiger partial charge >= 0.3 is 6.03 Å². The van der Waals surface area contributed by atoms with Crippen LogP contribution in [0.1, 0.15) is 5.56 Å². The molecule has 0 saturated carbocycles. The number of rotatable bonds is 7. The van der Waals surface area contributed by atoms with Crippen molar-refractivity contribution in [2.75, 3.05) is 26.4 Å². The Labute approximate surface area is 115 Å². The second kappa shape index (κ2) is 8.91. The minimum absolute atomic E-state index is 0.00572. The van der Waals surface area contributed by atoms with E-state index in [2.05, 4.69) is 26.6 Å². The molecule has 0 bridgehead atoms. The zero-order valence-electron chi connectivity index (χ0n) is 9.99. The normalized spacial score (nSPS) is 10.1. The number of nitrogens with one attached hydrogen (secondary N) is 2. The zero-order chi connectivity index (χ0) is 13.2. The number of aliphatic hydroxyl groups excluding tert-OH is 1. The van der Waals surface area contributed by atoms with Gasteiger partial charge in [0, 0.05) is 17.6 Å². The van der Waals surface area contributed by atoms with Gasteiger partial charge in [0.15, 0.2) is 0 Å². The number of hydrogen-bond donors (Lipinski definition) is 3. The molecule has 0 saturated heterocycles. The SMILES string of the molecule is O=C(NCCOCCO)NCc1ccccc1Br. The molecule has 0 atom stereocenters. The van der Waals surface area contributed by atoms with Gasteiger partial charge in [0.2, 0.25) is 0 Å². The maximum atomic E-state index is 11.4. The molecule has 0 aliphatic carbocycles. The number of aliphatic hydroxyl groups is 1. The van der Waals surface area contributed by atoms with Crippen molar-refractivity contribution in [1.29, 1.82) is 0 Å². The van der Waals surface area contributed by atoms with Gasteiger partial charge in [-0.1, -0.05) is 34.1 Å². The fourth-order valence-electron chi connectivity index (χ4n) is 1.28. The summed E-state index contributed by atoms with van der Waals surface area (Å²) in [5, 5.41) is 13.9. The molecule has 3 N–H and O–H groups in total. The van der Waals surface area contributed by atoms with E-state index in [1.54, 1.807) is 0 Å². The van der Waals surface area contributed by atoms with Crippen molar-refractivity contribution in [3.05, 3.63) is 34.3 Å². The molecule has 1 aromatic carbocycles. The van der Waals surface area contributed by atoms with E-state index in [0.29, 0.717) is 26.3 Å². The summed E-state index contributed by atoms with van der Waals surface area (Å²) in [7, 11) is 0. The van der Waals surface area contributed by atoms with Gasteiger partial charge in [0.25, 0.3) is 0 Å². The monoisotopic (exact) mass is 316 g/mol. The second-order valence-corrected chi connectivity index (χ2v) is 4.39. The van der Waals surface area contributed by atoms with Crippen LogP contribution in [0, 0.1) is 0 Å². The lowest BCUT2D eigenvalue weighted by atomic mass is 10.2. The van der Waals surface area contributed by atoms with Crippen molar-refractivity contribution < 1.29 is 14.6 Å². The Balaban J connectivity index is 2.15. The third-order valence-corrected chi connectivity index (χ3v) is 2.94. The first-order chi connectivity index (χ1) is 8.74.